The Hall–Kier alpha value is -2.48. The van der Waals surface area contributed by atoms with E-state index in [2.05, 4.69) is 35.3 Å². The quantitative estimate of drug-likeness (QED) is 0.739. The van der Waals surface area contributed by atoms with Crippen molar-refractivity contribution in [1.29, 1.82) is 0 Å². The van der Waals surface area contributed by atoms with Gasteiger partial charge in [0.15, 0.2) is 5.82 Å². The molecule has 1 aliphatic heterocycles. The second kappa shape index (κ2) is 6.56. The van der Waals surface area contributed by atoms with Crippen molar-refractivity contribution in [3.8, 4) is 0 Å². The van der Waals surface area contributed by atoms with Crippen molar-refractivity contribution in [3.05, 3.63) is 30.3 Å². The summed E-state index contributed by atoms with van der Waals surface area (Å²) >= 11 is 0. The number of H-pyrrole nitrogens is 1. The summed E-state index contributed by atoms with van der Waals surface area (Å²) in [5, 5.41) is 8.64. The topological polar surface area (TPSA) is 95.8 Å². The molecule has 1 saturated heterocycles. The zero-order chi connectivity index (χ0) is 16.4. The summed E-state index contributed by atoms with van der Waals surface area (Å²) in [6, 6.07) is 2.36. The molecule has 1 aliphatic rings. The van der Waals surface area contributed by atoms with E-state index >= 15 is 0 Å². The van der Waals surface area contributed by atoms with Crippen LogP contribution in [0.3, 0.4) is 0 Å². The van der Waals surface area contributed by atoms with Gasteiger partial charge in [-0.25, -0.2) is 9.97 Å². The number of hydrogen-bond donors (Lipinski definition) is 2. The SMILES string of the molecule is CCc1nc(CN2CCC[C@H](Nc3ncnc4[nH]ccc34)C2)no1. The highest BCUT2D eigenvalue weighted by atomic mass is 16.5. The van der Waals surface area contributed by atoms with Gasteiger partial charge in [0.25, 0.3) is 0 Å². The summed E-state index contributed by atoms with van der Waals surface area (Å²) in [6.45, 7) is 4.73. The minimum absolute atomic E-state index is 0.351. The highest BCUT2D eigenvalue weighted by Crippen LogP contribution is 2.21. The molecule has 0 unspecified atom stereocenters. The van der Waals surface area contributed by atoms with E-state index in [-0.39, 0.29) is 0 Å². The monoisotopic (exact) mass is 327 g/mol. The lowest BCUT2D eigenvalue weighted by molar-refractivity contribution is 0.201. The fourth-order valence-corrected chi connectivity index (χ4v) is 3.20. The second-order valence-corrected chi connectivity index (χ2v) is 6.14. The number of hydrogen-bond acceptors (Lipinski definition) is 7. The van der Waals surface area contributed by atoms with Crippen molar-refractivity contribution < 1.29 is 4.52 Å². The first-order valence-electron chi connectivity index (χ1n) is 8.40. The van der Waals surface area contributed by atoms with Gasteiger partial charge >= 0.3 is 0 Å². The summed E-state index contributed by atoms with van der Waals surface area (Å²) < 4.78 is 5.19. The average Bonchev–Trinajstić information content (AvgIpc) is 3.24. The Balaban J connectivity index is 1.42. The first kappa shape index (κ1) is 15.1. The van der Waals surface area contributed by atoms with Crippen LogP contribution in [0.5, 0.6) is 0 Å². The van der Waals surface area contributed by atoms with E-state index in [4.69, 9.17) is 4.52 Å². The molecule has 0 aliphatic carbocycles. The van der Waals surface area contributed by atoms with Crippen molar-refractivity contribution in [2.24, 2.45) is 0 Å². The molecule has 3 aromatic rings. The molecule has 4 rings (SSSR count). The molecular formula is C16H21N7O. The number of likely N-dealkylation sites (tertiary alicyclic amines) is 1. The Morgan fingerprint density at radius 2 is 2.38 bits per heavy atom. The first-order valence-corrected chi connectivity index (χ1v) is 8.40. The second-order valence-electron chi connectivity index (χ2n) is 6.14. The summed E-state index contributed by atoms with van der Waals surface area (Å²) in [7, 11) is 0. The third kappa shape index (κ3) is 3.09. The van der Waals surface area contributed by atoms with Gasteiger partial charge in [-0.3, -0.25) is 4.90 Å². The molecule has 1 fully saturated rings. The Morgan fingerprint density at radius 1 is 1.42 bits per heavy atom. The lowest BCUT2D eigenvalue weighted by Gasteiger charge is -2.32. The first-order chi connectivity index (χ1) is 11.8. The van der Waals surface area contributed by atoms with Crippen LogP contribution in [0.15, 0.2) is 23.1 Å². The van der Waals surface area contributed by atoms with E-state index < -0.39 is 0 Å². The molecular weight excluding hydrogens is 306 g/mol. The van der Waals surface area contributed by atoms with Gasteiger partial charge in [-0.1, -0.05) is 12.1 Å². The molecule has 1 atom stereocenters. The summed E-state index contributed by atoms with van der Waals surface area (Å²) in [5.41, 5.74) is 0.860. The number of nitrogens with one attached hydrogen (secondary N) is 2. The van der Waals surface area contributed by atoms with Gasteiger partial charge in [-0.2, -0.15) is 4.98 Å². The van der Waals surface area contributed by atoms with Crippen LogP contribution >= 0.6 is 0 Å². The van der Waals surface area contributed by atoms with Crippen molar-refractivity contribution in [2.75, 3.05) is 18.4 Å². The van der Waals surface area contributed by atoms with Crippen LogP contribution in [0, 0.1) is 0 Å². The van der Waals surface area contributed by atoms with Crippen LogP contribution in [-0.4, -0.2) is 49.1 Å². The van der Waals surface area contributed by atoms with E-state index in [1.54, 1.807) is 6.33 Å². The normalized spacial score (nSPS) is 19.0. The molecule has 4 heterocycles. The molecule has 0 spiro atoms. The van der Waals surface area contributed by atoms with E-state index in [9.17, 15) is 0 Å². The minimum atomic E-state index is 0.351. The van der Waals surface area contributed by atoms with Crippen molar-refractivity contribution >= 4 is 16.9 Å². The maximum atomic E-state index is 5.19. The molecule has 8 nitrogen and oxygen atoms in total. The molecule has 0 aromatic carbocycles. The van der Waals surface area contributed by atoms with Gasteiger partial charge in [-0.15, -0.1) is 0 Å². The van der Waals surface area contributed by atoms with E-state index in [1.807, 2.05) is 19.2 Å². The fraction of sp³-hybridized carbons (Fsp3) is 0.500. The maximum absolute atomic E-state index is 5.19. The third-order valence-corrected chi connectivity index (χ3v) is 4.38. The molecule has 0 bridgehead atoms. The van der Waals surface area contributed by atoms with Gasteiger partial charge in [0.1, 0.15) is 17.8 Å². The lowest BCUT2D eigenvalue weighted by atomic mass is 10.1. The predicted octanol–water partition coefficient (Wildman–Crippen LogP) is 1.98. The zero-order valence-electron chi connectivity index (χ0n) is 13.7. The fourth-order valence-electron chi connectivity index (χ4n) is 3.20. The van der Waals surface area contributed by atoms with Gasteiger partial charge in [0.2, 0.25) is 5.89 Å². The number of anilines is 1. The number of fused-ring (bicyclic) bond motifs is 1. The number of piperidine rings is 1. The van der Waals surface area contributed by atoms with Gasteiger partial charge < -0.3 is 14.8 Å². The molecule has 2 N–H and O–H groups in total. The summed E-state index contributed by atoms with van der Waals surface area (Å²) in [4.78, 5) is 18.5. The van der Waals surface area contributed by atoms with Gasteiger partial charge in [-0.05, 0) is 25.5 Å². The molecule has 24 heavy (non-hydrogen) atoms. The van der Waals surface area contributed by atoms with Crippen molar-refractivity contribution in [2.45, 2.75) is 38.8 Å². The smallest absolute Gasteiger partial charge is 0.226 e. The van der Waals surface area contributed by atoms with Crippen molar-refractivity contribution in [3.63, 3.8) is 0 Å². The van der Waals surface area contributed by atoms with Crippen LogP contribution in [0.25, 0.3) is 11.0 Å². The standard InChI is InChI=1S/C16H21N7O/c1-2-14-21-13(22-24-14)9-23-7-3-4-11(8-23)20-16-12-5-6-17-15(12)18-10-19-16/h5-6,10-11H,2-4,7-9H2,1H3,(H2,17,18,19,20)/t11-/m0/s1. The average molecular weight is 327 g/mol. The molecule has 0 radical (unpaired) electrons. The number of aryl methyl sites for hydroxylation is 1. The number of nitrogens with zero attached hydrogens (tertiary/aromatic N) is 5. The Labute approximate surface area is 139 Å². The van der Waals surface area contributed by atoms with Crippen LogP contribution in [-0.2, 0) is 13.0 Å². The van der Waals surface area contributed by atoms with Gasteiger partial charge in [0.05, 0.1) is 11.9 Å². The third-order valence-electron chi connectivity index (χ3n) is 4.38. The lowest BCUT2D eigenvalue weighted by Crippen LogP contribution is -2.42. The minimum Gasteiger partial charge on any atom is -0.365 e. The number of rotatable bonds is 5. The zero-order valence-corrected chi connectivity index (χ0v) is 13.7. The Morgan fingerprint density at radius 3 is 3.25 bits per heavy atom. The summed E-state index contributed by atoms with van der Waals surface area (Å²) in [6.07, 6.45) is 6.51. The van der Waals surface area contributed by atoms with Crippen molar-refractivity contribution in [1.82, 2.24) is 30.0 Å². The molecule has 3 aromatic heterocycles. The van der Waals surface area contributed by atoms with Gasteiger partial charge in [0, 0.05) is 25.2 Å². The number of aromatic amines is 1. The largest absolute Gasteiger partial charge is 0.365 e. The molecule has 0 amide bonds. The summed E-state index contributed by atoms with van der Waals surface area (Å²) in [5.74, 6) is 2.36. The van der Waals surface area contributed by atoms with Crippen LogP contribution < -0.4 is 5.32 Å². The number of aromatic nitrogens is 5. The highest BCUT2D eigenvalue weighted by Gasteiger charge is 2.22. The molecule has 0 saturated carbocycles. The Bertz CT molecular complexity index is 811. The van der Waals surface area contributed by atoms with Crippen LogP contribution in [0.2, 0.25) is 0 Å². The molecule has 126 valence electrons. The Kier molecular flexibility index (Phi) is 4.12. The predicted molar refractivity (Wildman–Crippen MR) is 89.5 cm³/mol. The van der Waals surface area contributed by atoms with E-state index in [0.29, 0.717) is 11.9 Å². The van der Waals surface area contributed by atoms with Crippen LogP contribution in [0.4, 0.5) is 5.82 Å². The van der Waals surface area contributed by atoms with Crippen LogP contribution in [0.1, 0.15) is 31.5 Å². The van der Waals surface area contributed by atoms with E-state index in [0.717, 1.165) is 61.6 Å². The maximum Gasteiger partial charge on any atom is 0.226 e. The van der Waals surface area contributed by atoms with E-state index in [1.165, 1.54) is 0 Å². The highest BCUT2D eigenvalue weighted by molar-refractivity contribution is 5.86. The molecule has 8 heteroatoms.